The molecule has 0 saturated heterocycles. The first-order valence-electron chi connectivity index (χ1n) is 3.20. The van der Waals surface area contributed by atoms with Crippen LogP contribution in [0.1, 0.15) is 27.2 Å². The fourth-order valence-corrected chi connectivity index (χ4v) is 0.619. The zero-order valence-electron chi connectivity index (χ0n) is 6.24. The third-order valence-corrected chi connectivity index (χ3v) is 1.15. The van der Waals surface area contributed by atoms with Crippen LogP contribution in [0.2, 0.25) is 0 Å². The summed E-state index contributed by atoms with van der Waals surface area (Å²) >= 11 is 0. The molecule has 0 aromatic carbocycles. The molecule has 0 N–H and O–H groups in total. The van der Waals surface area contributed by atoms with Gasteiger partial charge in [-0.15, -0.1) is 0 Å². The molecule has 0 aromatic heterocycles. The van der Waals surface area contributed by atoms with Gasteiger partial charge in [0.2, 0.25) is 0 Å². The van der Waals surface area contributed by atoms with Crippen molar-refractivity contribution in [1.82, 2.24) is 0 Å². The second-order valence-corrected chi connectivity index (χ2v) is 1.94. The number of hydrogen-bond donors (Lipinski definition) is 0. The van der Waals surface area contributed by atoms with Crippen molar-refractivity contribution in [2.24, 2.45) is 0 Å². The summed E-state index contributed by atoms with van der Waals surface area (Å²) in [6.45, 7) is 5.47. The topological polar surface area (TPSA) is 0 Å². The fourth-order valence-electron chi connectivity index (χ4n) is 0.619. The molecule has 0 amide bonds. The molecular formula is C8H13F. The second kappa shape index (κ2) is 4.30. The number of hydrogen-bond acceptors (Lipinski definition) is 0. The van der Waals surface area contributed by atoms with Crippen molar-refractivity contribution in [2.75, 3.05) is 0 Å². The van der Waals surface area contributed by atoms with Crippen LogP contribution in [-0.2, 0) is 0 Å². The van der Waals surface area contributed by atoms with E-state index in [2.05, 4.69) is 0 Å². The summed E-state index contributed by atoms with van der Waals surface area (Å²) in [4.78, 5) is 0. The zero-order valence-corrected chi connectivity index (χ0v) is 6.24. The largest absolute Gasteiger partial charge is 0.212 e. The average Bonchev–Trinajstić information content (AvgIpc) is 1.87. The van der Waals surface area contributed by atoms with Crippen LogP contribution >= 0.6 is 0 Å². The van der Waals surface area contributed by atoms with Crippen LogP contribution in [0.4, 0.5) is 4.39 Å². The van der Waals surface area contributed by atoms with E-state index >= 15 is 0 Å². The number of rotatable bonds is 2. The predicted molar refractivity (Wildman–Crippen MR) is 38.9 cm³/mol. The lowest BCUT2D eigenvalue weighted by molar-refractivity contribution is 0.595. The van der Waals surface area contributed by atoms with E-state index in [1.807, 2.05) is 19.9 Å². The summed E-state index contributed by atoms with van der Waals surface area (Å²) in [5, 5.41) is 0. The maximum absolute atomic E-state index is 12.5. The van der Waals surface area contributed by atoms with Crippen molar-refractivity contribution in [3.63, 3.8) is 0 Å². The lowest BCUT2D eigenvalue weighted by Crippen LogP contribution is -1.74. The Bertz CT molecular complexity index is 132. The monoisotopic (exact) mass is 128 g/mol. The highest BCUT2D eigenvalue weighted by molar-refractivity contribution is 5.18. The molecule has 0 rings (SSSR count). The molecule has 1 heteroatoms. The lowest BCUT2D eigenvalue weighted by Gasteiger charge is -1.92. The van der Waals surface area contributed by atoms with Gasteiger partial charge in [-0.05, 0) is 25.8 Å². The average molecular weight is 128 g/mol. The minimum Gasteiger partial charge on any atom is -0.212 e. The summed E-state index contributed by atoms with van der Waals surface area (Å²) in [6.07, 6.45) is 4.11. The summed E-state index contributed by atoms with van der Waals surface area (Å²) < 4.78 is 12.5. The van der Waals surface area contributed by atoms with Crippen molar-refractivity contribution in [1.29, 1.82) is 0 Å². The maximum Gasteiger partial charge on any atom is 0.103 e. The highest BCUT2D eigenvalue weighted by Gasteiger charge is 1.91. The summed E-state index contributed by atoms with van der Waals surface area (Å²) in [5.41, 5.74) is 0.736. The van der Waals surface area contributed by atoms with E-state index in [-0.39, 0.29) is 5.83 Å². The number of allylic oxidation sites excluding steroid dienone is 4. The van der Waals surface area contributed by atoms with Gasteiger partial charge >= 0.3 is 0 Å². The van der Waals surface area contributed by atoms with Crippen LogP contribution in [0.15, 0.2) is 23.6 Å². The van der Waals surface area contributed by atoms with Gasteiger partial charge in [0, 0.05) is 0 Å². The molecule has 0 aliphatic carbocycles. The second-order valence-electron chi connectivity index (χ2n) is 1.94. The van der Waals surface area contributed by atoms with Gasteiger partial charge in [0.1, 0.15) is 5.83 Å². The molecular weight excluding hydrogens is 115 g/mol. The maximum atomic E-state index is 12.5. The molecule has 0 nitrogen and oxygen atoms in total. The molecule has 0 bridgehead atoms. The molecule has 0 unspecified atom stereocenters. The van der Waals surface area contributed by atoms with E-state index in [9.17, 15) is 4.39 Å². The van der Waals surface area contributed by atoms with Crippen molar-refractivity contribution in [2.45, 2.75) is 27.2 Å². The summed E-state index contributed by atoms with van der Waals surface area (Å²) in [6, 6.07) is 0. The van der Waals surface area contributed by atoms with E-state index in [0.717, 1.165) is 5.57 Å². The van der Waals surface area contributed by atoms with Crippen LogP contribution < -0.4 is 0 Å². The Balaban J connectivity index is 4.10. The third kappa shape index (κ3) is 3.07. The molecule has 0 atom stereocenters. The first kappa shape index (κ1) is 8.41. The van der Waals surface area contributed by atoms with Gasteiger partial charge in [-0.2, -0.15) is 0 Å². The molecule has 0 aliphatic rings. The van der Waals surface area contributed by atoms with Gasteiger partial charge in [0.15, 0.2) is 0 Å². The Labute approximate surface area is 56.1 Å². The minimum atomic E-state index is -0.0203. The van der Waals surface area contributed by atoms with Crippen LogP contribution in [0.25, 0.3) is 0 Å². The molecule has 0 aromatic rings. The van der Waals surface area contributed by atoms with E-state index < -0.39 is 0 Å². The highest BCUT2D eigenvalue weighted by atomic mass is 19.1. The Morgan fingerprint density at radius 1 is 1.56 bits per heavy atom. The Hall–Kier alpha value is -0.590. The Morgan fingerprint density at radius 2 is 2.11 bits per heavy atom. The molecule has 0 saturated carbocycles. The molecule has 0 fully saturated rings. The van der Waals surface area contributed by atoms with Gasteiger partial charge in [0.05, 0.1) is 0 Å². The SMILES string of the molecule is C/C=C\C(C)=C(\F)CC. The Kier molecular flexibility index (Phi) is 4.02. The van der Waals surface area contributed by atoms with Gasteiger partial charge in [-0.25, -0.2) is 4.39 Å². The summed E-state index contributed by atoms with van der Waals surface area (Å²) in [5.74, 6) is -0.0203. The van der Waals surface area contributed by atoms with Crippen LogP contribution in [0.3, 0.4) is 0 Å². The predicted octanol–water partition coefficient (Wildman–Crippen LogP) is 3.22. The minimum absolute atomic E-state index is 0.0203. The molecule has 0 radical (unpaired) electrons. The van der Waals surface area contributed by atoms with E-state index in [4.69, 9.17) is 0 Å². The van der Waals surface area contributed by atoms with Crippen molar-refractivity contribution in [3.8, 4) is 0 Å². The molecule has 52 valence electrons. The zero-order chi connectivity index (χ0) is 7.28. The Morgan fingerprint density at radius 3 is 2.44 bits per heavy atom. The van der Waals surface area contributed by atoms with Gasteiger partial charge in [-0.3, -0.25) is 0 Å². The van der Waals surface area contributed by atoms with Crippen LogP contribution in [0.5, 0.6) is 0 Å². The normalized spacial score (nSPS) is 14.2. The molecule has 0 spiro atoms. The van der Waals surface area contributed by atoms with E-state index in [1.54, 1.807) is 13.0 Å². The first-order chi connectivity index (χ1) is 4.22. The van der Waals surface area contributed by atoms with Gasteiger partial charge in [-0.1, -0.05) is 19.1 Å². The van der Waals surface area contributed by atoms with Gasteiger partial charge < -0.3 is 0 Å². The van der Waals surface area contributed by atoms with Crippen molar-refractivity contribution in [3.05, 3.63) is 23.6 Å². The molecule has 9 heavy (non-hydrogen) atoms. The summed E-state index contributed by atoms with van der Waals surface area (Å²) in [7, 11) is 0. The first-order valence-corrected chi connectivity index (χ1v) is 3.20. The fraction of sp³-hybridized carbons (Fsp3) is 0.500. The third-order valence-electron chi connectivity index (χ3n) is 1.15. The smallest absolute Gasteiger partial charge is 0.103 e. The standard InChI is InChI=1S/C8H13F/c1-4-6-7(3)8(9)5-2/h4,6H,5H2,1-3H3/b6-4-,8-7+. The van der Waals surface area contributed by atoms with Crippen LogP contribution in [-0.4, -0.2) is 0 Å². The number of halogens is 1. The highest BCUT2D eigenvalue weighted by Crippen LogP contribution is 2.09. The van der Waals surface area contributed by atoms with E-state index in [1.165, 1.54) is 0 Å². The quantitative estimate of drug-likeness (QED) is 0.501. The lowest BCUT2D eigenvalue weighted by atomic mass is 10.2. The van der Waals surface area contributed by atoms with Crippen LogP contribution in [0, 0.1) is 0 Å². The molecule has 0 aliphatic heterocycles. The molecule has 0 heterocycles. The van der Waals surface area contributed by atoms with Crippen molar-refractivity contribution < 1.29 is 4.39 Å². The van der Waals surface area contributed by atoms with Crippen molar-refractivity contribution >= 4 is 0 Å². The van der Waals surface area contributed by atoms with E-state index in [0.29, 0.717) is 6.42 Å². The van der Waals surface area contributed by atoms with Gasteiger partial charge in [0.25, 0.3) is 0 Å².